The summed E-state index contributed by atoms with van der Waals surface area (Å²) in [6.07, 6.45) is 3.11. The van der Waals surface area contributed by atoms with Gasteiger partial charge in [-0.05, 0) is 12.1 Å². The number of rotatable bonds is 4. The van der Waals surface area contributed by atoms with Crippen LogP contribution in [0, 0.1) is 0 Å². The highest BCUT2D eigenvalue weighted by molar-refractivity contribution is 7.88. The maximum absolute atomic E-state index is 12.4. The number of benzene rings is 1. The Morgan fingerprint density at radius 3 is 2.78 bits per heavy atom. The van der Waals surface area contributed by atoms with Crippen molar-refractivity contribution in [1.29, 1.82) is 0 Å². The quantitative estimate of drug-likeness (QED) is 0.702. The van der Waals surface area contributed by atoms with E-state index in [9.17, 15) is 13.2 Å². The Bertz CT molecular complexity index is 1090. The average molecular weight is 404 g/mol. The first-order valence-corrected chi connectivity index (χ1v) is 10.8. The third-order valence-electron chi connectivity index (χ3n) is 4.10. The van der Waals surface area contributed by atoms with Gasteiger partial charge in [-0.2, -0.15) is 14.2 Å². The SMILES string of the molecule is CS(=O)(=O)N1CCc2nc(NC(=O)c3cnn(-c4ccccc4)n3)sc2C1. The van der Waals surface area contributed by atoms with Crippen LogP contribution in [0.4, 0.5) is 5.13 Å². The summed E-state index contributed by atoms with van der Waals surface area (Å²) < 4.78 is 24.8. The van der Waals surface area contributed by atoms with E-state index in [0.717, 1.165) is 16.3 Å². The molecule has 0 aliphatic carbocycles. The lowest BCUT2D eigenvalue weighted by molar-refractivity contribution is 0.102. The van der Waals surface area contributed by atoms with E-state index in [-0.39, 0.29) is 12.2 Å². The second-order valence-corrected chi connectivity index (χ2v) is 9.11. The van der Waals surface area contributed by atoms with Gasteiger partial charge >= 0.3 is 0 Å². The highest BCUT2D eigenvalue weighted by atomic mass is 32.2. The van der Waals surface area contributed by atoms with Crippen LogP contribution in [0.5, 0.6) is 0 Å². The van der Waals surface area contributed by atoms with Gasteiger partial charge in [-0.25, -0.2) is 13.4 Å². The van der Waals surface area contributed by atoms with Crippen molar-refractivity contribution in [1.82, 2.24) is 24.3 Å². The molecule has 1 N–H and O–H groups in total. The number of hydrogen-bond donors (Lipinski definition) is 1. The average Bonchev–Trinajstić information content (AvgIpc) is 3.27. The van der Waals surface area contributed by atoms with Gasteiger partial charge in [-0.1, -0.05) is 18.2 Å². The normalized spacial score (nSPS) is 14.7. The van der Waals surface area contributed by atoms with Crippen molar-refractivity contribution < 1.29 is 13.2 Å². The van der Waals surface area contributed by atoms with E-state index in [1.54, 1.807) is 0 Å². The number of sulfonamides is 1. The molecule has 0 unspecified atom stereocenters. The van der Waals surface area contributed by atoms with E-state index >= 15 is 0 Å². The maximum atomic E-state index is 12.4. The van der Waals surface area contributed by atoms with Crippen LogP contribution in [0.15, 0.2) is 36.5 Å². The molecule has 1 aromatic carbocycles. The van der Waals surface area contributed by atoms with E-state index in [0.29, 0.717) is 18.1 Å². The van der Waals surface area contributed by atoms with Crippen LogP contribution in [-0.2, 0) is 23.0 Å². The molecule has 3 aromatic rings. The highest BCUT2D eigenvalue weighted by Crippen LogP contribution is 2.29. The first kappa shape index (κ1) is 17.8. The second kappa shape index (κ2) is 6.83. The van der Waals surface area contributed by atoms with Crippen molar-refractivity contribution in [2.24, 2.45) is 0 Å². The first-order chi connectivity index (χ1) is 12.9. The van der Waals surface area contributed by atoms with E-state index in [2.05, 4.69) is 20.5 Å². The second-order valence-electron chi connectivity index (χ2n) is 6.04. The number of anilines is 1. The molecule has 1 amide bonds. The fourth-order valence-electron chi connectivity index (χ4n) is 2.72. The molecule has 27 heavy (non-hydrogen) atoms. The summed E-state index contributed by atoms with van der Waals surface area (Å²) in [6, 6.07) is 9.28. The predicted octanol–water partition coefficient (Wildman–Crippen LogP) is 1.29. The van der Waals surface area contributed by atoms with Crippen LogP contribution >= 0.6 is 11.3 Å². The minimum atomic E-state index is -3.25. The minimum Gasteiger partial charge on any atom is -0.296 e. The fraction of sp³-hybridized carbons (Fsp3) is 0.250. The van der Waals surface area contributed by atoms with Gasteiger partial charge in [0.1, 0.15) is 0 Å². The number of carbonyl (C=O) groups excluding carboxylic acids is 1. The van der Waals surface area contributed by atoms with Crippen LogP contribution in [0.2, 0.25) is 0 Å². The number of thiazole rings is 1. The van der Waals surface area contributed by atoms with Crippen LogP contribution < -0.4 is 5.32 Å². The third-order valence-corrected chi connectivity index (χ3v) is 6.34. The first-order valence-electron chi connectivity index (χ1n) is 8.13. The van der Waals surface area contributed by atoms with Crippen molar-refractivity contribution in [3.8, 4) is 5.69 Å². The molecule has 3 heterocycles. The monoisotopic (exact) mass is 404 g/mol. The smallest absolute Gasteiger partial charge is 0.279 e. The summed E-state index contributed by atoms with van der Waals surface area (Å²) in [6.45, 7) is 0.681. The van der Waals surface area contributed by atoms with Gasteiger partial charge in [-0.15, -0.1) is 16.4 Å². The number of nitrogens with zero attached hydrogens (tertiary/aromatic N) is 5. The van der Waals surface area contributed by atoms with Gasteiger partial charge in [0.25, 0.3) is 5.91 Å². The van der Waals surface area contributed by atoms with Gasteiger partial charge in [0.2, 0.25) is 10.0 Å². The summed E-state index contributed by atoms with van der Waals surface area (Å²) in [4.78, 5) is 19.1. The van der Waals surface area contributed by atoms with Gasteiger partial charge in [0.15, 0.2) is 10.8 Å². The number of fused-ring (bicyclic) bond motifs is 1. The van der Waals surface area contributed by atoms with E-state index in [4.69, 9.17) is 0 Å². The standard InChI is InChI=1S/C16H16N6O3S2/c1-27(24,25)21-8-7-12-14(10-21)26-16(18-12)19-15(23)13-9-17-22(20-13)11-5-3-2-4-6-11/h2-6,9H,7-8,10H2,1H3,(H,18,19,23). The Kier molecular flexibility index (Phi) is 4.50. The Morgan fingerprint density at radius 2 is 2.04 bits per heavy atom. The lowest BCUT2D eigenvalue weighted by atomic mass is 10.2. The van der Waals surface area contributed by atoms with Crippen molar-refractivity contribution in [2.75, 3.05) is 18.1 Å². The molecule has 11 heteroatoms. The summed E-state index contributed by atoms with van der Waals surface area (Å²) in [5.41, 5.74) is 1.75. The molecule has 0 bridgehead atoms. The van der Waals surface area contributed by atoms with Crippen molar-refractivity contribution >= 4 is 32.4 Å². The number of hydrogen-bond acceptors (Lipinski definition) is 7. The Morgan fingerprint density at radius 1 is 1.26 bits per heavy atom. The number of carbonyl (C=O) groups is 1. The summed E-state index contributed by atoms with van der Waals surface area (Å²) in [5.74, 6) is -0.414. The molecule has 140 valence electrons. The molecular formula is C16H16N6O3S2. The largest absolute Gasteiger partial charge is 0.296 e. The molecule has 1 aliphatic heterocycles. The van der Waals surface area contributed by atoms with Gasteiger partial charge in [0.05, 0.1) is 23.8 Å². The topological polar surface area (TPSA) is 110 Å². The zero-order valence-corrected chi connectivity index (χ0v) is 16.0. The van der Waals surface area contributed by atoms with Crippen molar-refractivity contribution in [3.05, 3.63) is 52.8 Å². The maximum Gasteiger partial charge on any atom is 0.279 e. The third kappa shape index (κ3) is 3.75. The fourth-order valence-corrected chi connectivity index (χ4v) is 4.61. The van der Waals surface area contributed by atoms with E-state index in [1.165, 1.54) is 32.9 Å². The molecule has 0 fully saturated rings. The van der Waals surface area contributed by atoms with Crippen LogP contribution in [0.1, 0.15) is 21.1 Å². The van der Waals surface area contributed by atoms with E-state index in [1.807, 2.05) is 30.3 Å². The Balaban J connectivity index is 1.49. The van der Waals surface area contributed by atoms with Crippen LogP contribution in [0.3, 0.4) is 0 Å². The molecule has 9 nitrogen and oxygen atoms in total. The molecular weight excluding hydrogens is 388 g/mol. The lowest BCUT2D eigenvalue weighted by Crippen LogP contribution is -2.34. The van der Waals surface area contributed by atoms with Crippen LogP contribution in [0.25, 0.3) is 5.69 Å². The zero-order valence-electron chi connectivity index (χ0n) is 14.4. The molecule has 0 saturated heterocycles. The Hall–Kier alpha value is -2.63. The van der Waals surface area contributed by atoms with Gasteiger partial charge < -0.3 is 0 Å². The van der Waals surface area contributed by atoms with E-state index < -0.39 is 15.9 Å². The predicted molar refractivity (Wildman–Crippen MR) is 100 cm³/mol. The van der Waals surface area contributed by atoms with Gasteiger partial charge in [0, 0.05) is 24.4 Å². The molecule has 4 rings (SSSR count). The molecule has 0 atom stereocenters. The minimum absolute atomic E-state index is 0.171. The Labute approximate surface area is 159 Å². The van der Waals surface area contributed by atoms with Gasteiger partial charge in [-0.3, -0.25) is 10.1 Å². The highest BCUT2D eigenvalue weighted by Gasteiger charge is 2.26. The summed E-state index contributed by atoms with van der Waals surface area (Å²) in [5, 5.41) is 11.4. The molecule has 0 radical (unpaired) electrons. The summed E-state index contributed by atoms with van der Waals surface area (Å²) >= 11 is 1.28. The van der Waals surface area contributed by atoms with Crippen LogP contribution in [-0.4, -0.2) is 51.4 Å². The number of para-hydroxylation sites is 1. The number of amides is 1. The molecule has 0 spiro atoms. The number of aromatic nitrogens is 4. The molecule has 2 aromatic heterocycles. The van der Waals surface area contributed by atoms with Crippen molar-refractivity contribution in [2.45, 2.75) is 13.0 Å². The lowest BCUT2D eigenvalue weighted by Gasteiger charge is -2.23. The molecule has 0 saturated carbocycles. The van der Waals surface area contributed by atoms with Crippen molar-refractivity contribution in [3.63, 3.8) is 0 Å². The molecule has 1 aliphatic rings. The summed E-state index contributed by atoms with van der Waals surface area (Å²) in [7, 11) is -3.25. The number of nitrogens with one attached hydrogen (secondary N) is 1. The zero-order chi connectivity index (χ0) is 19.0.